The standard InChI is InChI=1S/C23H24O/c24-23(21-16-8-3-9-17-21)22(20-14-6-2-7-15-20)18-10-13-19-11-4-1-5-12-19/h1-2,4-7,11-12,14-15,18,21,23-24H,3,8-9,16-17H2/b22-18-. The van der Waals surface area contributed by atoms with Gasteiger partial charge in [-0.3, -0.25) is 0 Å². The summed E-state index contributed by atoms with van der Waals surface area (Å²) in [6, 6.07) is 20.1. The normalized spacial score (nSPS) is 17.0. The van der Waals surface area contributed by atoms with Crippen LogP contribution in [0.2, 0.25) is 0 Å². The molecule has 1 aliphatic carbocycles. The summed E-state index contributed by atoms with van der Waals surface area (Å²) < 4.78 is 0. The average molecular weight is 316 g/mol. The summed E-state index contributed by atoms with van der Waals surface area (Å²) in [5.74, 6) is 6.66. The van der Waals surface area contributed by atoms with Gasteiger partial charge in [0.2, 0.25) is 0 Å². The molecule has 1 saturated carbocycles. The lowest BCUT2D eigenvalue weighted by Crippen LogP contribution is -2.24. The summed E-state index contributed by atoms with van der Waals surface area (Å²) in [5.41, 5.74) is 3.01. The maximum atomic E-state index is 10.9. The van der Waals surface area contributed by atoms with Crippen LogP contribution in [0.3, 0.4) is 0 Å². The van der Waals surface area contributed by atoms with E-state index in [0.29, 0.717) is 5.92 Å². The van der Waals surface area contributed by atoms with Crippen LogP contribution >= 0.6 is 0 Å². The molecule has 0 aromatic heterocycles. The molecule has 0 heterocycles. The second-order valence-electron chi connectivity index (χ2n) is 6.44. The monoisotopic (exact) mass is 316 g/mol. The zero-order valence-electron chi connectivity index (χ0n) is 14.0. The third-order valence-corrected chi connectivity index (χ3v) is 4.74. The SMILES string of the molecule is OC(/C(=C\C#Cc1ccccc1)c1ccccc1)C1CCCCC1. The van der Waals surface area contributed by atoms with E-state index in [1.54, 1.807) is 0 Å². The van der Waals surface area contributed by atoms with Gasteiger partial charge in [-0.2, -0.15) is 0 Å². The van der Waals surface area contributed by atoms with Crippen molar-refractivity contribution in [3.63, 3.8) is 0 Å². The molecule has 1 nitrogen and oxygen atoms in total. The molecule has 1 unspecified atom stereocenters. The van der Waals surface area contributed by atoms with E-state index in [2.05, 4.69) is 24.0 Å². The van der Waals surface area contributed by atoms with Crippen molar-refractivity contribution in [3.05, 3.63) is 77.9 Å². The van der Waals surface area contributed by atoms with Crippen LogP contribution < -0.4 is 0 Å². The van der Waals surface area contributed by atoms with Crippen LogP contribution in [0.15, 0.2) is 66.7 Å². The molecule has 122 valence electrons. The molecule has 0 spiro atoms. The van der Waals surface area contributed by atoms with Crippen LogP contribution in [-0.2, 0) is 0 Å². The topological polar surface area (TPSA) is 20.2 Å². The van der Waals surface area contributed by atoms with Crippen molar-refractivity contribution in [2.24, 2.45) is 5.92 Å². The van der Waals surface area contributed by atoms with Crippen molar-refractivity contribution in [2.45, 2.75) is 38.2 Å². The lowest BCUT2D eigenvalue weighted by atomic mass is 9.81. The predicted octanol–water partition coefficient (Wildman–Crippen LogP) is 5.06. The Morgan fingerprint density at radius 3 is 2.21 bits per heavy atom. The maximum absolute atomic E-state index is 10.9. The highest BCUT2D eigenvalue weighted by molar-refractivity contribution is 5.71. The number of hydrogen-bond donors (Lipinski definition) is 1. The molecular weight excluding hydrogens is 292 g/mol. The first-order valence-corrected chi connectivity index (χ1v) is 8.85. The van der Waals surface area contributed by atoms with Gasteiger partial charge in [-0.25, -0.2) is 0 Å². The molecule has 2 aromatic carbocycles. The Balaban J connectivity index is 1.87. The van der Waals surface area contributed by atoms with Gasteiger partial charge >= 0.3 is 0 Å². The van der Waals surface area contributed by atoms with Crippen molar-refractivity contribution < 1.29 is 5.11 Å². The fraction of sp³-hybridized carbons (Fsp3) is 0.304. The van der Waals surface area contributed by atoms with Crippen LogP contribution in [-0.4, -0.2) is 11.2 Å². The zero-order valence-corrected chi connectivity index (χ0v) is 14.0. The van der Waals surface area contributed by atoms with Gasteiger partial charge in [0.1, 0.15) is 0 Å². The van der Waals surface area contributed by atoms with E-state index in [0.717, 1.165) is 29.5 Å². The first kappa shape index (κ1) is 16.6. The average Bonchev–Trinajstić information content (AvgIpc) is 2.67. The van der Waals surface area contributed by atoms with Gasteiger partial charge in [0.05, 0.1) is 6.10 Å². The summed E-state index contributed by atoms with van der Waals surface area (Å²) in [6.45, 7) is 0. The summed E-state index contributed by atoms with van der Waals surface area (Å²) in [6.07, 6.45) is 7.43. The Kier molecular flexibility index (Phi) is 5.88. The number of aliphatic hydroxyl groups is 1. The van der Waals surface area contributed by atoms with E-state index in [1.807, 2.05) is 54.6 Å². The van der Waals surface area contributed by atoms with Crippen LogP contribution in [0.1, 0.15) is 43.2 Å². The van der Waals surface area contributed by atoms with Gasteiger partial charge in [-0.15, -0.1) is 0 Å². The van der Waals surface area contributed by atoms with Crippen molar-refractivity contribution >= 4 is 5.57 Å². The molecule has 0 radical (unpaired) electrons. The van der Waals surface area contributed by atoms with E-state index in [1.165, 1.54) is 19.3 Å². The van der Waals surface area contributed by atoms with E-state index in [4.69, 9.17) is 0 Å². The fourth-order valence-electron chi connectivity index (χ4n) is 3.39. The Labute approximate surface area is 145 Å². The molecule has 1 heteroatoms. The third-order valence-electron chi connectivity index (χ3n) is 4.74. The lowest BCUT2D eigenvalue weighted by Gasteiger charge is -2.28. The van der Waals surface area contributed by atoms with Gasteiger partial charge in [0.25, 0.3) is 0 Å². The summed E-state index contributed by atoms with van der Waals surface area (Å²) >= 11 is 0. The second-order valence-corrected chi connectivity index (χ2v) is 6.44. The van der Waals surface area contributed by atoms with Crippen LogP contribution in [0.4, 0.5) is 0 Å². The van der Waals surface area contributed by atoms with Crippen molar-refractivity contribution in [3.8, 4) is 11.8 Å². The highest BCUT2D eigenvalue weighted by Gasteiger charge is 2.25. The maximum Gasteiger partial charge on any atom is 0.0830 e. The number of allylic oxidation sites excluding steroid dienone is 1. The molecule has 3 rings (SSSR count). The molecule has 2 aromatic rings. The molecule has 0 amide bonds. The molecule has 0 saturated heterocycles. The fourth-order valence-corrected chi connectivity index (χ4v) is 3.39. The minimum absolute atomic E-state index is 0.351. The van der Waals surface area contributed by atoms with Gasteiger partial charge in [0.15, 0.2) is 0 Å². The van der Waals surface area contributed by atoms with Crippen LogP contribution in [0.25, 0.3) is 5.57 Å². The van der Waals surface area contributed by atoms with E-state index < -0.39 is 6.10 Å². The van der Waals surface area contributed by atoms with Gasteiger partial charge in [0, 0.05) is 5.56 Å². The highest BCUT2D eigenvalue weighted by atomic mass is 16.3. The Bertz CT molecular complexity index is 713. The van der Waals surface area contributed by atoms with E-state index in [-0.39, 0.29) is 0 Å². The van der Waals surface area contributed by atoms with Gasteiger partial charge in [-0.1, -0.05) is 79.6 Å². The Hall–Kier alpha value is -2.30. The van der Waals surface area contributed by atoms with Crippen molar-refractivity contribution in [1.29, 1.82) is 0 Å². The molecule has 0 bridgehead atoms. The number of benzene rings is 2. The first-order valence-electron chi connectivity index (χ1n) is 8.85. The van der Waals surface area contributed by atoms with Crippen molar-refractivity contribution in [2.75, 3.05) is 0 Å². The zero-order chi connectivity index (χ0) is 16.6. The number of rotatable bonds is 3. The molecule has 24 heavy (non-hydrogen) atoms. The van der Waals surface area contributed by atoms with Crippen LogP contribution in [0.5, 0.6) is 0 Å². The Morgan fingerprint density at radius 2 is 1.54 bits per heavy atom. The summed E-state index contributed by atoms with van der Waals surface area (Å²) in [4.78, 5) is 0. The van der Waals surface area contributed by atoms with Gasteiger partial charge < -0.3 is 5.11 Å². The third kappa shape index (κ3) is 4.37. The second kappa shape index (κ2) is 8.52. The minimum atomic E-state index is -0.433. The Morgan fingerprint density at radius 1 is 0.917 bits per heavy atom. The van der Waals surface area contributed by atoms with E-state index in [9.17, 15) is 5.11 Å². The van der Waals surface area contributed by atoms with Crippen LogP contribution in [0, 0.1) is 17.8 Å². The lowest BCUT2D eigenvalue weighted by molar-refractivity contribution is 0.133. The largest absolute Gasteiger partial charge is 0.388 e. The molecular formula is C23H24O. The number of hydrogen-bond acceptors (Lipinski definition) is 1. The minimum Gasteiger partial charge on any atom is -0.388 e. The van der Waals surface area contributed by atoms with Crippen molar-refractivity contribution in [1.82, 2.24) is 0 Å². The van der Waals surface area contributed by atoms with Gasteiger partial charge in [-0.05, 0) is 48.1 Å². The highest BCUT2D eigenvalue weighted by Crippen LogP contribution is 2.32. The quantitative estimate of drug-likeness (QED) is 0.784. The van der Waals surface area contributed by atoms with E-state index >= 15 is 0 Å². The number of aliphatic hydroxyl groups excluding tert-OH is 1. The predicted molar refractivity (Wildman–Crippen MR) is 100 cm³/mol. The molecule has 1 aliphatic rings. The molecule has 1 fully saturated rings. The molecule has 1 N–H and O–H groups in total. The summed E-state index contributed by atoms with van der Waals surface area (Å²) in [5, 5.41) is 10.9. The first-order chi connectivity index (χ1) is 11.8. The smallest absolute Gasteiger partial charge is 0.0830 e. The summed E-state index contributed by atoms with van der Waals surface area (Å²) in [7, 11) is 0. The molecule has 1 atom stereocenters. The molecule has 0 aliphatic heterocycles.